The number of H-pyrrole nitrogens is 1. The summed E-state index contributed by atoms with van der Waals surface area (Å²) in [5.41, 5.74) is 2.12. The number of amides is 1. The van der Waals surface area contributed by atoms with Crippen LogP contribution in [0.25, 0.3) is 11.0 Å². The maximum absolute atomic E-state index is 13.6. The van der Waals surface area contributed by atoms with Crippen LogP contribution in [0.2, 0.25) is 0 Å². The van der Waals surface area contributed by atoms with Crippen molar-refractivity contribution >= 4 is 22.6 Å². The minimum Gasteiger partial charge on any atom is -0.377 e. The molecule has 0 unspecified atom stereocenters. The Morgan fingerprint density at radius 1 is 1.32 bits per heavy atom. The van der Waals surface area contributed by atoms with Crippen molar-refractivity contribution in [3.8, 4) is 0 Å². The number of aromatic nitrogens is 2. The monoisotopic (exact) mass is 299 g/mol. The number of fused-ring (bicyclic) bond motifs is 1. The molecule has 1 aromatic heterocycles. The summed E-state index contributed by atoms with van der Waals surface area (Å²) in [7, 11) is 1.59. The molecule has 0 atom stereocenters. The van der Waals surface area contributed by atoms with Gasteiger partial charge >= 0.3 is 0 Å². The Bertz CT molecular complexity index is 829. The molecule has 0 radical (unpaired) electrons. The first-order chi connectivity index (χ1) is 10.7. The van der Waals surface area contributed by atoms with Crippen LogP contribution in [-0.4, -0.2) is 23.0 Å². The van der Waals surface area contributed by atoms with Crippen molar-refractivity contribution < 1.29 is 13.9 Å². The SMILES string of the molecule is COCc1nc2ccc(NC(=O)c3ccccc3F)cc2[nH]1. The lowest BCUT2D eigenvalue weighted by Gasteiger charge is -2.05. The number of benzene rings is 2. The zero-order chi connectivity index (χ0) is 15.5. The highest BCUT2D eigenvalue weighted by molar-refractivity contribution is 6.05. The molecule has 2 aromatic carbocycles. The zero-order valence-corrected chi connectivity index (χ0v) is 11.9. The first kappa shape index (κ1) is 14.2. The summed E-state index contributed by atoms with van der Waals surface area (Å²) in [6.07, 6.45) is 0. The molecule has 1 amide bonds. The Kier molecular flexibility index (Phi) is 3.84. The number of ether oxygens (including phenoxy) is 1. The Morgan fingerprint density at radius 3 is 2.91 bits per heavy atom. The van der Waals surface area contributed by atoms with E-state index in [2.05, 4.69) is 15.3 Å². The third-order valence-electron chi connectivity index (χ3n) is 3.19. The Hall–Kier alpha value is -2.73. The maximum atomic E-state index is 13.6. The van der Waals surface area contributed by atoms with Crippen LogP contribution in [0.5, 0.6) is 0 Å². The molecule has 22 heavy (non-hydrogen) atoms. The van der Waals surface area contributed by atoms with Gasteiger partial charge in [-0.15, -0.1) is 0 Å². The molecule has 3 aromatic rings. The van der Waals surface area contributed by atoms with E-state index >= 15 is 0 Å². The maximum Gasteiger partial charge on any atom is 0.258 e. The van der Waals surface area contributed by atoms with Gasteiger partial charge < -0.3 is 15.0 Å². The summed E-state index contributed by atoms with van der Waals surface area (Å²) < 4.78 is 18.6. The molecule has 1 heterocycles. The molecule has 5 nitrogen and oxygen atoms in total. The predicted molar refractivity (Wildman–Crippen MR) is 81.2 cm³/mol. The third kappa shape index (κ3) is 2.82. The number of rotatable bonds is 4. The van der Waals surface area contributed by atoms with Crippen LogP contribution in [-0.2, 0) is 11.3 Å². The normalized spacial score (nSPS) is 10.8. The number of imidazole rings is 1. The van der Waals surface area contributed by atoms with E-state index in [1.165, 1.54) is 12.1 Å². The Labute approximate surface area is 126 Å². The van der Waals surface area contributed by atoms with E-state index in [4.69, 9.17) is 4.74 Å². The summed E-state index contributed by atoms with van der Waals surface area (Å²) >= 11 is 0. The summed E-state index contributed by atoms with van der Waals surface area (Å²) in [6.45, 7) is 0.381. The molecule has 0 saturated heterocycles. The van der Waals surface area contributed by atoms with Gasteiger partial charge in [0, 0.05) is 12.8 Å². The Morgan fingerprint density at radius 2 is 2.14 bits per heavy atom. The number of aromatic amines is 1. The van der Waals surface area contributed by atoms with Gasteiger partial charge in [-0.2, -0.15) is 0 Å². The second kappa shape index (κ2) is 5.95. The summed E-state index contributed by atoms with van der Waals surface area (Å²) in [5, 5.41) is 2.67. The molecule has 0 aliphatic rings. The van der Waals surface area contributed by atoms with Gasteiger partial charge in [-0.25, -0.2) is 9.37 Å². The van der Waals surface area contributed by atoms with E-state index in [0.717, 1.165) is 11.0 Å². The topological polar surface area (TPSA) is 67.0 Å². The van der Waals surface area contributed by atoms with Crippen molar-refractivity contribution in [2.45, 2.75) is 6.61 Å². The zero-order valence-electron chi connectivity index (χ0n) is 11.9. The fourth-order valence-electron chi connectivity index (χ4n) is 2.19. The molecular weight excluding hydrogens is 285 g/mol. The number of methoxy groups -OCH3 is 1. The largest absolute Gasteiger partial charge is 0.377 e. The van der Waals surface area contributed by atoms with Gasteiger partial charge in [0.25, 0.3) is 5.91 Å². The van der Waals surface area contributed by atoms with E-state index in [9.17, 15) is 9.18 Å². The lowest BCUT2D eigenvalue weighted by Crippen LogP contribution is -2.13. The van der Waals surface area contributed by atoms with Gasteiger partial charge in [-0.05, 0) is 30.3 Å². The van der Waals surface area contributed by atoms with E-state index in [1.54, 1.807) is 37.4 Å². The van der Waals surface area contributed by atoms with Crippen LogP contribution in [0.4, 0.5) is 10.1 Å². The smallest absolute Gasteiger partial charge is 0.258 e. The van der Waals surface area contributed by atoms with Crippen LogP contribution >= 0.6 is 0 Å². The number of anilines is 1. The van der Waals surface area contributed by atoms with E-state index in [1.807, 2.05) is 0 Å². The second-order valence-corrected chi connectivity index (χ2v) is 4.78. The third-order valence-corrected chi connectivity index (χ3v) is 3.19. The van der Waals surface area contributed by atoms with E-state index in [-0.39, 0.29) is 5.56 Å². The molecule has 3 rings (SSSR count). The summed E-state index contributed by atoms with van der Waals surface area (Å²) in [4.78, 5) is 19.5. The molecule has 6 heteroatoms. The molecule has 0 bridgehead atoms. The minimum atomic E-state index is -0.551. The predicted octanol–water partition coefficient (Wildman–Crippen LogP) is 3.10. The van der Waals surface area contributed by atoms with Crippen molar-refractivity contribution in [3.63, 3.8) is 0 Å². The molecular formula is C16H14FN3O2. The van der Waals surface area contributed by atoms with Crippen molar-refractivity contribution in [2.75, 3.05) is 12.4 Å². The van der Waals surface area contributed by atoms with Crippen LogP contribution in [0.15, 0.2) is 42.5 Å². The average molecular weight is 299 g/mol. The minimum absolute atomic E-state index is 0.00674. The van der Waals surface area contributed by atoms with Crippen LogP contribution in [0, 0.1) is 5.82 Å². The number of carbonyl (C=O) groups is 1. The first-order valence-electron chi connectivity index (χ1n) is 6.71. The van der Waals surface area contributed by atoms with Gasteiger partial charge in [0.1, 0.15) is 18.2 Å². The molecule has 0 aliphatic heterocycles. The van der Waals surface area contributed by atoms with Crippen molar-refractivity contribution in [1.29, 1.82) is 0 Å². The molecule has 2 N–H and O–H groups in total. The number of nitrogens with one attached hydrogen (secondary N) is 2. The average Bonchev–Trinajstić information content (AvgIpc) is 2.89. The highest BCUT2D eigenvalue weighted by atomic mass is 19.1. The first-order valence-corrected chi connectivity index (χ1v) is 6.71. The number of nitrogens with zero attached hydrogens (tertiary/aromatic N) is 1. The van der Waals surface area contributed by atoms with Gasteiger partial charge in [0.15, 0.2) is 0 Å². The number of halogens is 1. The fraction of sp³-hybridized carbons (Fsp3) is 0.125. The Balaban J connectivity index is 1.84. The van der Waals surface area contributed by atoms with Gasteiger partial charge in [0.05, 0.1) is 16.6 Å². The highest BCUT2D eigenvalue weighted by Crippen LogP contribution is 2.19. The molecule has 0 saturated carbocycles. The molecule has 0 fully saturated rings. The summed E-state index contributed by atoms with van der Waals surface area (Å²) in [6, 6.07) is 11.1. The van der Waals surface area contributed by atoms with Crippen LogP contribution in [0.1, 0.15) is 16.2 Å². The van der Waals surface area contributed by atoms with Crippen molar-refractivity contribution in [1.82, 2.24) is 9.97 Å². The van der Waals surface area contributed by atoms with Crippen LogP contribution < -0.4 is 5.32 Å². The molecule has 112 valence electrons. The van der Waals surface area contributed by atoms with E-state index < -0.39 is 11.7 Å². The van der Waals surface area contributed by atoms with E-state index in [0.29, 0.717) is 18.1 Å². The quantitative estimate of drug-likeness (QED) is 0.778. The van der Waals surface area contributed by atoms with Crippen molar-refractivity contribution in [2.24, 2.45) is 0 Å². The van der Waals surface area contributed by atoms with Gasteiger partial charge in [-0.1, -0.05) is 12.1 Å². The lowest BCUT2D eigenvalue weighted by atomic mass is 10.2. The second-order valence-electron chi connectivity index (χ2n) is 4.78. The fourth-order valence-corrected chi connectivity index (χ4v) is 2.19. The number of carbonyl (C=O) groups excluding carboxylic acids is 1. The highest BCUT2D eigenvalue weighted by Gasteiger charge is 2.11. The lowest BCUT2D eigenvalue weighted by molar-refractivity contribution is 0.102. The molecule has 0 spiro atoms. The van der Waals surface area contributed by atoms with Crippen LogP contribution in [0.3, 0.4) is 0 Å². The van der Waals surface area contributed by atoms with Crippen molar-refractivity contribution in [3.05, 3.63) is 59.7 Å². The summed E-state index contributed by atoms with van der Waals surface area (Å²) in [5.74, 6) is -0.339. The van der Waals surface area contributed by atoms with Gasteiger partial charge in [0.2, 0.25) is 0 Å². The number of hydrogen-bond donors (Lipinski definition) is 2. The molecule has 0 aliphatic carbocycles. The standard InChI is InChI=1S/C16H14FN3O2/c1-22-9-15-19-13-7-6-10(8-14(13)20-15)18-16(21)11-4-2-3-5-12(11)17/h2-8H,9H2,1H3,(H,18,21)(H,19,20). The van der Waals surface area contributed by atoms with Gasteiger partial charge in [-0.3, -0.25) is 4.79 Å². The number of hydrogen-bond acceptors (Lipinski definition) is 3.